The highest BCUT2D eigenvalue weighted by atomic mass is 35.5. The average Bonchev–Trinajstić information content (AvgIpc) is 3.19. The lowest BCUT2D eigenvalue weighted by Crippen LogP contribution is -2.24. The van der Waals surface area contributed by atoms with E-state index in [1.165, 1.54) is 24.3 Å². The van der Waals surface area contributed by atoms with Crippen molar-refractivity contribution in [2.24, 2.45) is 9.98 Å². The van der Waals surface area contributed by atoms with Gasteiger partial charge in [-0.1, -0.05) is 35.8 Å². The second kappa shape index (κ2) is 16.5. The molecule has 0 bridgehead atoms. The Bertz CT molecular complexity index is 3660. The van der Waals surface area contributed by atoms with Gasteiger partial charge in [-0.2, -0.15) is 48.6 Å². The van der Waals surface area contributed by atoms with Crippen LogP contribution in [0.25, 0.3) is 0 Å². The number of nitrogens with one attached hydrogen (secondary N) is 3. The van der Waals surface area contributed by atoms with E-state index < -0.39 is 156 Å². The fraction of sp³-hybridized carbons (Fsp3) is 0.0938. The van der Waals surface area contributed by atoms with Crippen LogP contribution in [0.1, 0.15) is 0 Å². The van der Waals surface area contributed by atoms with E-state index in [1.54, 1.807) is 0 Å². The summed E-state index contributed by atoms with van der Waals surface area (Å²) in [5, 5.41) is 6.44. The van der Waals surface area contributed by atoms with E-state index in [0.717, 1.165) is 13.2 Å². The summed E-state index contributed by atoms with van der Waals surface area (Å²) in [6, 6.07) is 6.83. The number of anilines is 6. The summed E-state index contributed by atoms with van der Waals surface area (Å²) in [6.07, 6.45) is 0. The first-order chi connectivity index (χ1) is 30.1. The maximum Gasteiger partial charge on any atom is 0.300 e. The minimum absolute atomic E-state index is 0.0944. The molecule has 2 aliphatic rings. The molecule has 0 fully saturated rings. The molecular formula is C32H25Cl2N9O17S5. The Labute approximate surface area is 375 Å². The maximum atomic E-state index is 13.2. The van der Waals surface area contributed by atoms with Crippen molar-refractivity contribution >= 4 is 120 Å². The number of hydrogen-bond donors (Lipinski definition) is 8. The molecule has 65 heavy (non-hydrogen) atoms. The predicted molar refractivity (Wildman–Crippen MR) is 227 cm³/mol. The molecule has 2 aliphatic heterocycles. The fourth-order valence-corrected chi connectivity index (χ4v) is 9.84. The molecule has 33 heteroatoms. The van der Waals surface area contributed by atoms with Gasteiger partial charge < -0.3 is 35.9 Å². The maximum absolute atomic E-state index is 13.2. The average molecular weight is 1040 g/mol. The zero-order valence-electron chi connectivity index (χ0n) is 31.9. The van der Waals surface area contributed by atoms with Crippen molar-refractivity contribution < 1.29 is 74.5 Å². The zero-order chi connectivity index (χ0) is 47.8. The molecule has 344 valence electrons. The van der Waals surface area contributed by atoms with Crippen LogP contribution < -0.4 is 46.6 Å². The third-order valence-electron chi connectivity index (χ3n) is 8.68. The number of halogens is 2. The standard InChI is InChI=1S/C32H25Cl2N9O17S5/c1-3-61(44,45)13-6-4-5-12(9-13)37-31-41-30(36-7-8-62(46,47)48)42-32(43-31)39-15-10-16(58-2)21-27(28(15)64(52,53)54)60-26-18(33)22-25(19(34)23(26)40-21)59-24-14(38-22)11-17(63(49,50)51)20(35)29(24)65(55,56)57/h3-6,9-11H,1,7-8,35H2,2H3,(H,46,47,48)(H,49,50,51)(H,52,53,54)(H,55,56,57)(H3,36,37,39,41,42,43). The Morgan fingerprint density at radius 1 is 0.754 bits per heavy atom. The smallest absolute Gasteiger partial charge is 0.300 e. The third-order valence-corrected chi connectivity index (χ3v) is 14.2. The summed E-state index contributed by atoms with van der Waals surface area (Å²) in [4.78, 5) is 17.1. The number of fused-ring (bicyclic) bond motifs is 4. The van der Waals surface area contributed by atoms with Crippen molar-refractivity contribution in [3.05, 3.63) is 69.1 Å². The van der Waals surface area contributed by atoms with Gasteiger partial charge in [0.05, 0.1) is 29.1 Å². The van der Waals surface area contributed by atoms with E-state index in [0.29, 0.717) is 11.5 Å². The van der Waals surface area contributed by atoms with E-state index in [-0.39, 0.29) is 22.3 Å². The molecule has 26 nitrogen and oxygen atoms in total. The quantitative estimate of drug-likeness (QED) is 0.0572. The molecule has 0 spiro atoms. The summed E-state index contributed by atoms with van der Waals surface area (Å²) >= 11 is 13.4. The summed E-state index contributed by atoms with van der Waals surface area (Å²) in [6.45, 7) is 2.81. The highest BCUT2D eigenvalue weighted by molar-refractivity contribution is 7.94. The number of benzene rings is 4. The normalized spacial score (nSPS) is 13.3. The molecule has 0 atom stereocenters. The number of rotatable bonds is 14. The van der Waals surface area contributed by atoms with E-state index in [9.17, 15) is 60.3 Å². The largest absolute Gasteiger partial charge is 0.494 e. The first kappa shape index (κ1) is 47.0. The molecule has 3 heterocycles. The molecule has 0 aliphatic carbocycles. The van der Waals surface area contributed by atoms with E-state index in [1.807, 2.05) is 0 Å². The van der Waals surface area contributed by atoms with Gasteiger partial charge in [0, 0.05) is 23.7 Å². The van der Waals surface area contributed by atoms with Crippen LogP contribution in [0.15, 0.2) is 78.0 Å². The van der Waals surface area contributed by atoms with Gasteiger partial charge in [0.2, 0.25) is 17.8 Å². The van der Waals surface area contributed by atoms with Crippen molar-refractivity contribution in [3.63, 3.8) is 0 Å². The van der Waals surface area contributed by atoms with Crippen molar-refractivity contribution in [3.8, 4) is 28.7 Å². The molecule has 0 unspecified atom stereocenters. The Kier molecular flexibility index (Phi) is 11.9. The number of hydrogen-bond acceptors (Lipinski definition) is 22. The van der Waals surface area contributed by atoms with E-state index in [2.05, 4.69) is 47.5 Å². The Hall–Kier alpha value is -6.00. The number of ether oxygens (including phenoxy) is 3. The Morgan fingerprint density at radius 2 is 1.34 bits per heavy atom. The van der Waals surface area contributed by atoms with Gasteiger partial charge in [-0.15, -0.1) is 0 Å². The summed E-state index contributed by atoms with van der Waals surface area (Å²) < 4.78 is 180. The molecular weight excluding hydrogens is 1010 g/mol. The fourth-order valence-electron chi connectivity index (χ4n) is 5.98. The van der Waals surface area contributed by atoms with Crippen molar-refractivity contribution in [1.82, 2.24) is 15.0 Å². The number of aromatic nitrogens is 3. The summed E-state index contributed by atoms with van der Waals surface area (Å²) in [5.41, 5.74) is 2.93. The monoisotopic (exact) mass is 1040 g/mol. The van der Waals surface area contributed by atoms with Crippen LogP contribution in [-0.4, -0.2) is 94.7 Å². The van der Waals surface area contributed by atoms with Crippen molar-refractivity contribution in [1.29, 1.82) is 0 Å². The van der Waals surface area contributed by atoms with Gasteiger partial charge in [0.15, 0.2) is 48.4 Å². The van der Waals surface area contributed by atoms with E-state index >= 15 is 0 Å². The van der Waals surface area contributed by atoms with Crippen LogP contribution in [0, 0.1) is 0 Å². The third kappa shape index (κ3) is 9.28. The first-order valence-electron chi connectivity index (χ1n) is 17.1. The number of sulfone groups is 1. The van der Waals surface area contributed by atoms with Gasteiger partial charge in [-0.25, -0.2) is 18.4 Å². The van der Waals surface area contributed by atoms with Gasteiger partial charge in [0.25, 0.3) is 40.5 Å². The van der Waals surface area contributed by atoms with Crippen molar-refractivity contribution in [2.75, 3.05) is 41.1 Å². The second-order valence-corrected chi connectivity index (χ2v) is 21.3. The number of nitrogen functional groups attached to an aromatic ring is 1. The van der Waals surface area contributed by atoms with Crippen LogP contribution in [0.2, 0.25) is 10.0 Å². The number of nitrogens with zero attached hydrogens (tertiary/aromatic N) is 5. The van der Waals surface area contributed by atoms with Crippen LogP contribution in [0.3, 0.4) is 0 Å². The molecule has 7 rings (SSSR count). The topological polar surface area (TPSA) is 405 Å². The lowest BCUT2D eigenvalue weighted by Gasteiger charge is -2.24. The first-order valence-corrected chi connectivity index (χ1v) is 25.3. The molecule has 5 aromatic rings. The lowest BCUT2D eigenvalue weighted by molar-refractivity contribution is 0.401. The molecule has 1 aromatic heterocycles. The molecule has 0 amide bonds. The molecule has 0 saturated carbocycles. The molecule has 9 N–H and O–H groups in total. The van der Waals surface area contributed by atoms with Crippen LogP contribution in [0.5, 0.6) is 28.7 Å². The van der Waals surface area contributed by atoms with E-state index in [4.69, 9.17) is 43.1 Å². The van der Waals surface area contributed by atoms with Crippen molar-refractivity contribution in [2.45, 2.75) is 19.6 Å². The number of nitrogens with two attached hydrogens (primary N) is 1. The number of methoxy groups -OCH3 is 1. The Morgan fingerprint density at radius 3 is 1.91 bits per heavy atom. The van der Waals surface area contributed by atoms with Gasteiger partial charge in [0.1, 0.15) is 37.0 Å². The lowest BCUT2D eigenvalue weighted by atomic mass is 10.1. The predicted octanol–water partition coefficient (Wildman–Crippen LogP) is 3.33. The summed E-state index contributed by atoms with van der Waals surface area (Å²) in [5.74, 6) is -5.21. The second-order valence-electron chi connectivity index (χ2n) is 12.9. The van der Waals surface area contributed by atoms with Gasteiger partial charge in [-0.3, -0.25) is 18.2 Å². The Balaban J connectivity index is 1.39. The van der Waals surface area contributed by atoms with Crippen LogP contribution in [0.4, 0.5) is 46.3 Å². The summed E-state index contributed by atoms with van der Waals surface area (Å²) in [7, 11) is -23.4. The minimum Gasteiger partial charge on any atom is -0.494 e. The minimum atomic E-state index is -5.43. The SMILES string of the molecule is C=CS(=O)(=O)c1cccc(Nc2nc(NCCS(=O)(=O)O)nc(Nc3cc(OC)c4c(c3S(=O)(=O)O)Oc3c(Cl)c5c(c(Cl)c3=N4)Oc3c(cc(S(=O)(=O)O)c(N)c3S(=O)(=O)O)N=5)n2)c1. The molecule has 4 aromatic carbocycles. The van der Waals surface area contributed by atoms with Crippen LogP contribution >= 0.6 is 23.2 Å². The molecule has 0 radical (unpaired) electrons. The van der Waals surface area contributed by atoms with Gasteiger partial charge >= 0.3 is 0 Å². The molecule has 0 saturated heterocycles. The van der Waals surface area contributed by atoms with Crippen LogP contribution in [-0.2, 0) is 50.3 Å². The highest BCUT2D eigenvalue weighted by Crippen LogP contribution is 2.52. The highest BCUT2D eigenvalue weighted by Gasteiger charge is 2.37. The van der Waals surface area contributed by atoms with Gasteiger partial charge in [-0.05, 0) is 24.3 Å². The zero-order valence-corrected chi connectivity index (χ0v) is 37.5.